The second kappa shape index (κ2) is 7.96. The van der Waals surface area contributed by atoms with Crippen LogP contribution < -0.4 is 10.6 Å². The van der Waals surface area contributed by atoms with Crippen LogP contribution in [-0.2, 0) is 16.0 Å². The number of morpholine rings is 1. The van der Waals surface area contributed by atoms with Crippen LogP contribution in [0.2, 0.25) is 4.34 Å². The van der Waals surface area contributed by atoms with Gasteiger partial charge in [0.25, 0.3) is 0 Å². The minimum atomic E-state index is -0.212. The molecule has 2 rings (SSSR count). The van der Waals surface area contributed by atoms with Gasteiger partial charge in [0.05, 0.1) is 17.6 Å². The summed E-state index contributed by atoms with van der Waals surface area (Å²) in [6.45, 7) is 2.50. The molecular formula is C11H16Cl2N2O2S. The maximum atomic E-state index is 11.7. The van der Waals surface area contributed by atoms with Crippen molar-refractivity contribution in [2.75, 3.05) is 26.3 Å². The lowest BCUT2D eigenvalue weighted by atomic mass is 10.2. The zero-order valence-corrected chi connectivity index (χ0v) is 12.2. The molecule has 0 saturated carbocycles. The summed E-state index contributed by atoms with van der Waals surface area (Å²) in [5.74, 6) is 0.00681. The lowest BCUT2D eigenvalue weighted by molar-refractivity contribution is -0.125. The van der Waals surface area contributed by atoms with Crippen molar-refractivity contribution in [3.63, 3.8) is 0 Å². The van der Waals surface area contributed by atoms with Crippen molar-refractivity contribution in [3.8, 4) is 0 Å². The number of amides is 1. The summed E-state index contributed by atoms with van der Waals surface area (Å²) in [6, 6.07) is 3.65. The second-order valence-electron chi connectivity index (χ2n) is 3.83. The van der Waals surface area contributed by atoms with Crippen LogP contribution in [0.1, 0.15) is 4.88 Å². The van der Waals surface area contributed by atoms with Crippen LogP contribution >= 0.6 is 35.3 Å². The zero-order chi connectivity index (χ0) is 12.1. The molecule has 1 saturated heterocycles. The molecule has 1 aliphatic heterocycles. The first-order valence-corrected chi connectivity index (χ1v) is 6.78. The molecule has 18 heavy (non-hydrogen) atoms. The number of nitrogens with one attached hydrogen (secondary N) is 2. The van der Waals surface area contributed by atoms with E-state index in [4.69, 9.17) is 16.3 Å². The average Bonchev–Trinajstić information content (AvgIpc) is 2.76. The molecule has 2 N–H and O–H groups in total. The predicted octanol–water partition coefficient (Wildman–Crippen LogP) is 1.47. The fourth-order valence-electron chi connectivity index (χ4n) is 1.65. The van der Waals surface area contributed by atoms with Crippen LogP contribution in [0.15, 0.2) is 12.1 Å². The third-order valence-electron chi connectivity index (χ3n) is 2.54. The highest BCUT2D eigenvalue weighted by Crippen LogP contribution is 2.21. The van der Waals surface area contributed by atoms with Gasteiger partial charge in [0.1, 0.15) is 6.04 Å². The number of hydrogen-bond acceptors (Lipinski definition) is 4. The van der Waals surface area contributed by atoms with E-state index in [2.05, 4.69) is 10.6 Å². The third kappa shape index (κ3) is 4.74. The van der Waals surface area contributed by atoms with Crippen LogP contribution in [-0.4, -0.2) is 38.3 Å². The summed E-state index contributed by atoms with van der Waals surface area (Å²) in [5, 5.41) is 6.01. The number of halogens is 2. The number of carbonyl (C=O) groups excluding carboxylic acids is 1. The number of ether oxygens (including phenoxy) is 1. The Hall–Kier alpha value is -0.330. The van der Waals surface area contributed by atoms with Crippen molar-refractivity contribution in [3.05, 3.63) is 21.3 Å². The molecule has 0 spiro atoms. The van der Waals surface area contributed by atoms with E-state index in [0.29, 0.717) is 19.8 Å². The van der Waals surface area contributed by atoms with Crippen molar-refractivity contribution in [2.45, 2.75) is 12.5 Å². The van der Waals surface area contributed by atoms with Gasteiger partial charge in [0.2, 0.25) is 5.91 Å². The molecule has 1 amide bonds. The Morgan fingerprint density at radius 3 is 3.06 bits per heavy atom. The van der Waals surface area contributed by atoms with Gasteiger partial charge in [-0.3, -0.25) is 4.79 Å². The predicted molar refractivity (Wildman–Crippen MR) is 75.9 cm³/mol. The minimum absolute atomic E-state index is 0. The van der Waals surface area contributed by atoms with E-state index in [-0.39, 0.29) is 24.4 Å². The quantitative estimate of drug-likeness (QED) is 0.885. The van der Waals surface area contributed by atoms with Crippen LogP contribution in [0.5, 0.6) is 0 Å². The van der Waals surface area contributed by atoms with E-state index in [1.165, 1.54) is 4.88 Å². The van der Waals surface area contributed by atoms with E-state index in [0.717, 1.165) is 17.3 Å². The topological polar surface area (TPSA) is 50.4 Å². The SMILES string of the molecule is Cl.O=C(NCCc1ccc(Cl)s1)C1COCCN1. The van der Waals surface area contributed by atoms with Gasteiger partial charge >= 0.3 is 0 Å². The van der Waals surface area contributed by atoms with Gasteiger partial charge in [-0.05, 0) is 18.6 Å². The highest BCUT2D eigenvalue weighted by Gasteiger charge is 2.20. The zero-order valence-electron chi connectivity index (χ0n) is 9.78. The molecule has 1 unspecified atom stereocenters. The second-order valence-corrected chi connectivity index (χ2v) is 5.63. The van der Waals surface area contributed by atoms with E-state index in [9.17, 15) is 4.79 Å². The molecule has 1 fully saturated rings. The van der Waals surface area contributed by atoms with Gasteiger partial charge in [-0.1, -0.05) is 11.6 Å². The normalized spacial score (nSPS) is 19.1. The summed E-state index contributed by atoms with van der Waals surface area (Å²) in [5.41, 5.74) is 0. The molecule has 2 heterocycles. The standard InChI is InChI=1S/C11H15ClN2O2S.ClH/c12-10-2-1-8(17-10)3-4-14-11(15)9-7-16-6-5-13-9;/h1-2,9,13H,3-7H2,(H,14,15);1H. The molecule has 0 aliphatic carbocycles. The lowest BCUT2D eigenvalue weighted by Gasteiger charge is -2.22. The van der Waals surface area contributed by atoms with Crippen LogP contribution in [0.25, 0.3) is 0 Å². The van der Waals surface area contributed by atoms with Crippen molar-refractivity contribution in [2.24, 2.45) is 0 Å². The van der Waals surface area contributed by atoms with Gasteiger partial charge in [0.15, 0.2) is 0 Å². The highest BCUT2D eigenvalue weighted by molar-refractivity contribution is 7.16. The maximum Gasteiger partial charge on any atom is 0.239 e. The van der Waals surface area contributed by atoms with E-state index < -0.39 is 0 Å². The van der Waals surface area contributed by atoms with Gasteiger partial charge in [0, 0.05) is 18.0 Å². The fraction of sp³-hybridized carbons (Fsp3) is 0.545. The van der Waals surface area contributed by atoms with E-state index in [1.54, 1.807) is 11.3 Å². The Morgan fingerprint density at radius 1 is 1.61 bits per heavy atom. The Morgan fingerprint density at radius 2 is 2.44 bits per heavy atom. The maximum absolute atomic E-state index is 11.7. The summed E-state index contributed by atoms with van der Waals surface area (Å²) in [6.07, 6.45) is 0.816. The summed E-state index contributed by atoms with van der Waals surface area (Å²) < 4.78 is 6.02. The lowest BCUT2D eigenvalue weighted by Crippen LogP contribution is -2.51. The molecular weight excluding hydrogens is 295 g/mol. The molecule has 0 aromatic carbocycles. The molecule has 1 aromatic heterocycles. The highest BCUT2D eigenvalue weighted by atomic mass is 35.5. The number of hydrogen-bond donors (Lipinski definition) is 2. The number of thiophene rings is 1. The van der Waals surface area contributed by atoms with E-state index >= 15 is 0 Å². The summed E-state index contributed by atoms with van der Waals surface area (Å²) in [4.78, 5) is 12.9. The molecule has 1 aliphatic rings. The van der Waals surface area contributed by atoms with Crippen molar-refractivity contribution >= 4 is 41.3 Å². The van der Waals surface area contributed by atoms with Gasteiger partial charge in [-0.25, -0.2) is 0 Å². The molecule has 0 bridgehead atoms. The molecule has 1 aromatic rings. The van der Waals surface area contributed by atoms with Crippen molar-refractivity contribution in [1.82, 2.24) is 10.6 Å². The third-order valence-corrected chi connectivity index (χ3v) is 3.83. The molecule has 0 radical (unpaired) electrons. The van der Waals surface area contributed by atoms with Crippen LogP contribution in [0.4, 0.5) is 0 Å². The first-order chi connectivity index (χ1) is 8.25. The first-order valence-electron chi connectivity index (χ1n) is 5.59. The van der Waals surface area contributed by atoms with Gasteiger partial charge < -0.3 is 15.4 Å². The fourth-order valence-corrected chi connectivity index (χ4v) is 2.74. The van der Waals surface area contributed by atoms with Gasteiger partial charge in [-0.15, -0.1) is 23.7 Å². The van der Waals surface area contributed by atoms with Crippen molar-refractivity contribution in [1.29, 1.82) is 0 Å². The summed E-state index contributed by atoms with van der Waals surface area (Å²) >= 11 is 7.38. The minimum Gasteiger partial charge on any atom is -0.378 e. The Labute approximate surface area is 121 Å². The average molecular weight is 311 g/mol. The monoisotopic (exact) mass is 310 g/mol. The van der Waals surface area contributed by atoms with Crippen LogP contribution in [0, 0.1) is 0 Å². The Kier molecular flexibility index (Phi) is 6.96. The Bertz CT molecular complexity index is 381. The molecule has 4 nitrogen and oxygen atoms in total. The van der Waals surface area contributed by atoms with E-state index in [1.807, 2.05) is 12.1 Å². The molecule has 7 heteroatoms. The first kappa shape index (κ1) is 15.7. The molecule has 102 valence electrons. The van der Waals surface area contributed by atoms with Crippen molar-refractivity contribution < 1.29 is 9.53 Å². The smallest absolute Gasteiger partial charge is 0.239 e. The Balaban J connectivity index is 0.00000162. The number of rotatable bonds is 4. The van der Waals surface area contributed by atoms with Gasteiger partial charge in [-0.2, -0.15) is 0 Å². The largest absolute Gasteiger partial charge is 0.378 e. The van der Waals surface area contributed by atoms with Crippen LogP contribution in [0.3, 0.4) is 0 Å². The molecule has 1 atom stereocenters. The summed E-state index contributed by atoms with van der Waals surface area (Å²) in [7, 11) is 0. The number of carbonyl (C=O) groups is 1.